The molecular formula is C14H29N3. The number of nitrogens with one attached hydrogen (secondary N) is 1. The molecule has 0 aliphatic carbocycles. The molecule has 2 unspecified atom stereocenters. The Balaban J connectivity index is 1.88. The summed E-state index contributed by atoms with van der Waals surface area (Å²) in [5, 5.41) is 3.71. The number of likely N-dealkylation sites (tertiary alicyclic amines) is 1. The lowest BCUT2D eigenvalue weighted by Crippen LogP contribution is -2.49. The Morgan fingerprint density at radius 2 is 2.06 bits per heavy atom. The van der Waals surface area contributed by atoms with E-state index in [9.17, 15) is 0 Å². The van der Waals surface area contributed by atoms with Crippen molar-refractivity contribution in [2.45, 2.75) is 51.1 Å². The Morgan fingerprint density at radius 1 is 1.18 bits per heavy atom. The summed E-state index contributed by atoms with van der Waals surface area (Å²) in [6.45, 7) is 8.65. The van der Waals surface area contributed by atoms with Gasteiger partial charge in [0.15, 0.2) is 0 Å². The monoisotopic (exact) mass is 239 g/mol. The van der Waals surface area contributed by atoms with E-state index < -0.39 is 0 Å². The SMILES string of the molecule is CCCC1CN(C2CCCN(C)C2)CCCN1. The molecule has 0 aromatic rings. The molecule has 0 spiro atoms. The van der Waals surface area contributed by atoms with E-state index in [1.54, 1.807) is 0 Å². The van der Waals surface area contributed by atoms with Crippen molar-refractivity contribution in [3.05, 3.63) is 0 Å². The van der Waals surface area contributed by atoms with Gasteiger partial charge >= 0.3 is 0 Å². The molecular weight excluding hydrogens is 210 g/mol. The van der Waals surface area contributed by atoms with E-state index in [0.717, 1.165) is 12.1 Å². The van der Waals surface area contributed by atoms with Crippen molar-refractivity contribution in [2.75, 3.05) is 39.8 Å². The number of nitrogens with zero attached hydrogens (tertiary/aromatic N) is 2. The highest BCUT2D eigenvalue weighted by Gasteiger charge is 2.26. The molecule has 0 saturated carbocycles. The molecule has 0 bridgehead atoms. The molecule has 2 aliphatic rings. The lowest BCUT2D eigenvalue weighted by Gasteiger charge is -2.38. The number of piperidine rings is 1. The second-order valence-corrected chi connectivity index (χ2v) is 5.85. The largest absolute Gasteiger partial charge is 0.313 e. The van der Waals surface area contributed by atoms with Gasteiger partial charge < -0.3 is 10.2 Å². The van der Waals surface area contributed by atoms with Gasteiger partial charge in [0.25, 0.3) is 0 Å². The molecule has 0 aromatic heterocycles. The van der Waals surface area contributed by atoms with Gasteiger partial charge in [-0.2, -0.15) is 0 Å². The third-order valence-electron chi connectivity index (χ3n) is 4.26. The highest BCUT2D eigenvalue weighted by molar-refractivity contribution is 4.84. The molecule has 2 atom stereocenters. The lowest BCUT2D eigenvalue weighted by molar-refractivity contribution is 0.109. The van der Waals surface area contributed by atoms with Crippen LogP contribution in [0.4, 0.5) is 0 Å². The third-order valence-corrected chi connectivity index (χ3v) is 4.26. The van der Waals surface area contributed by atoms with Gasteiger partial charge in [0, 0.05) is 25.2 Å². The molecule has 0 amide bonds. The van der Waals surface area contributed by atoms with Gasteiger partial charge in [-0.3, -0.25) is 4.90 Å². The van der Waals surface area contributed by atoms with Crippen molar-refractivity contribution in [1.82, 2.24) is 15.1 Å². The predicted molar refractivity (Wildman–Crippen MR) is 73.4 cm³/mol. The maximum atomic E-state index is 3.71. The quantitative estimate of drug-likeness (QED) is 0.806. The zero-order valence-corrected chi connectivity index (χ0v) is 11.6. The minimum absolute atomic E-state index is 0.731. The van der Waals surface area contributed by atoms with Gasteiger partial charge in [0.2, 0.25) is 0 Å². The van der Waals surface area contributed by atoms with Crippen molar-refractivity contribution in [3.63, 3.8) is 0 Å². The topological polar surface area (TPSA) is 18.5 Å². The molecule has 0 radical (unpaired) electrons. The van der Waals surface area contributed by atoms with E-state index in [1.165, 1.54) is 64.8 Å². The fraction of sp³-hybridized carbons (Fsp3) is 1.00. The van der Waals surface area contributed by atoms with Crippen molar-refractivity contribution < 1.29 is 0 Å². The van der Waals surface area contributed by atoms with E-state index >= 15 is 0 Å². The van der Waals surface area contributed by atoms with Crippen LogP contribution in [0.3, 0.4) is 0 Å². The molecule has 2 rings (SSSR count). The maximum absolute atomic E-state index is 3.71. The van der Waals surface area contributed by atoms with Gasteiger partial charge in [0.1, 0.15) is 0 Å². The van der Waals surface area contributed by atoms with Gasteiger partial charge in [0.05, 0.1) is 0 Å². The Bertz CT molecular complexity index is 220. The zero-order chi connectivity index (χ0) is 12.1. The summed E-state index contributed by atoms with van der Waals surface area (Å²) >= 11 is 0. The molecule has 17 heavy (non-hydrogen) atoms. The molecule has 2 fully saturated rings. The van der Waals surface area contributed by atoms with Crippen LogP contribution < -0.4 is 5.32 Å². The minimum atomic E-state index is 0.731. The number of hydrogen-bond donors (Lipinski definition) is 1. The Kier molecular flexibility index (Phi) is 5.26. The lowest BCUT2D eigenvalue weighted by atomic mass is 10.0. The molecule has 0 aromatic carbocycles. The fourth-order valence-corrected chi connectivity index (χ4v) is 3.34. The minimum Gasteiger partial charge on any atom is -0.313 e. The van der Waals surface area contributed by atoms with Crippen LogP contribution in [0.2, 0.25) is 0 Å². The summed E-state index contributed by atoms with van der Waals surface area (Å²) in [6.07, 6.45) is 6.74. The van der Waals surface area contributed by atoms with E-state index in [0.29, 0.717) is 0 Å². The Labute approximate surface area is 107 Å². The van der Waals surface area contributed by atoms with Crippen LogP contribution in [0.25, 0.3) is 0 Å². The van der Waals surface area contributed by atoms with Crippen LogP contribution in [-0.4, -0.2) is 61.7 Å². The van der Waals surface area contributed by atoms with Crippen LogP contribution >= 0.6 is 0 Å². The first kappa shape index (κ1) is 13.3. The Hall–Kier alpha value is -0.120. The van der Waals surface area contributed by atoms with Crippen molar-refractivity contribution in [2.24, 2.45) is 0 Å². The first-order valence-corrected chi connectivity index (χ1v) is 7.45. The smallest absolute Gasteiger partial charge is 0.0224 e. The standard InChI is InChI=1S/C14H29N3/c1-3-6-13-11-17(10-5-8-15-13)14-7-4-9-16(2)12-14/h13-15H,3-12H2,1-2H3. The number of hydrogen-bond acceptors (Lipinski definition) is 3. The molecule has 2 heterocycles. The molecule has 2 aliphatic heterocycles. The van der Waals surface area contributed by atoms with E-state index in [-0.39, 0.29) is 0 Å². The normalized spacial score (nSPS) is 33.5. The van der Waals surface area contributed by atoms with Crippen molar-refractivity contribution in [1.29, 1.82) is 0 Å². The summed E-state index contributed by atoms with van der Waals surface area (Å²) in [4.78, 5) is 5.26. The molecule has 1 N–H and O–H groups in total. The highest BCUT2D eigenvalue weighted by Crippen LogP contribution is 2.17. The van der Waals surface area contributed by atoms with E-state index in [1.807, 2.05) is 0 Å². The van der Waals surface area contributed by atoms with Crippen LogP contribution in [0, 0.1) is 0 Å². The van der Waals surface area contributed by atoms with E-state index in [4.69, 9.17) is 0 Å². The maximum Gasteiger partial charge on any atom is 0.0224 e. The van der Waals surface area contributed by atoms with Crippen molar-refractivity contribution >= 4 is 0 Å². The van der Waals surface area contributed by atoms with Crippen molar-refractivity contribution in [3.8, 4) is 0 Å². The van der Waals surface area contributed by atoms with Crippen LogP contribution in [-0.2, 0) is 0 Å². The van der Waals surface area contributed by atoms with Crippen LogP contribution in [0.1, 0.15) is 39.0 Å². The molecule has 100 valence electrons. The molecule has 3 heteroatoms. The number of likely N-dealkylation sites (N-methyl/N-ethyl adjacent to an activating group) is 1. The highest BCUT2D eigenvalue weighted by atomic mass is 15.2. The fourth-order valence-electron chi connectivity index (χ4n) is 3.34. The molecule has 2 saturated heterocycles. The second-order valence-electron chi connectivity index (χ2n) is 5.85. The summed E-state index contributed by atoms with van der Waals surface area (Å²) in [7, 11) is 2.27. The van der Waals surface area contributed by atoms with Gasteiger partial charge in [-0.1, -0.05) is 13.3 Å². The summed E-state index contributed by atoms with van der Waals surface area (Å²) in [6, 6.07) is 1.54. The second kappa shape index (κ2) is 6.72. The average molecular weight is 239 g/mol. The van der Waals surface area contributed by atoms with Gasteiger partial charge in [-0.15, -0.1) is 0 Å². The van der Waals surface area contributed by atoms with Crippen LogP contribution in [0.15, 0.2) is 0 Å². The Morgan fingerprint density at radius 3 is 2.82 bits per heavy atom. The summed E-state index contributed by atoms with van der Waals surface area (Å²) in [5.41, 5.74) is 0. The summed E-state index contributed by atoms with van der Waals surface area (Å²) in [5.74, 6) is 0. The van der Waals surface area contributed by atoms with Gasteiger partial charge in [-0.05, 0) is 52.4 Å². The molecule has 3 nitrogen and oxygen atoms in total. The number of rotatable bonds is 3. The zero-order valence-electron chi connectivity index (χ0n) is 11.6. The predicted octanol–water partition coefficient (Wildman–Crippen LogP) is 1.54. The summed E-state index contributed by atoms with van der Waals surface area (Å²) < 4.78 is 0. The van der Waals surface area contributed by atoms with Gasteiger partial charge in [-0.25, -0.2) is 0 Å². The first-order valence-electron chi connectivity index (χ1n) is 7.45. The van der Waals surface area contributed by atoms with Crippen LogP contribution in [0.5, 0.6) is 0 Å². The third kappa shape index (κ3) is 3.94. The van der Waals surface area contributed by atoms with E-state index in [2.05, 4.69) is 29.1 Å². The first-order chi connectivity index (χ1) is 8.29. The average Bonchev–Trinajstić information content (AvgIpc) is 2.55.